The third kappa shape index (κ3) is 1.40. The monoisotopic (exact) mass is 226 g/mol. The molecule has 0 fully saturated rings. The number of hydrogen-bond acceptors (Lipinski definition) is 3. The van der Waals surface area contributed by atoms with Crippen LogP contribution < -0.4 is 0 Å². The van der Waals surface area contributed by atoms with Crippen molar-refractivity contribution in [2.24, 2.45) is 0 Å². The van der Waals surface area contributed by atoms with E-state index in [0.717, 1.165) is 34.6 Å². The maximum absolute atomic E-state index is 4.60. The number of benzene rings is 1. The second kappa shape index (κ2) is 3.52. The van der Waals surface area contributed by atoms with Gasteiger partial charge in [0.1, 0.15) is 5.82 Å². The molecular weight excluding hydrogens is 212 g/mol. The van der Waals surface area contributed by atoms with Crippen molar-refractivity contribution in [3.05, 3.63) is 35.3 Å². The van der Waals surface area contributed by atoms with Gasteiger partial charge < -0.3 is 0 Å². The first-order chi connectivity index (χ1) is 8.20. The number of fused-ring (bicyclic) bond motifs is 3. The maximum atomic E-state index is 4.60. The fraction of sp³-hybridized carbons (Fsp3) is 0.308. The van der Waals surface area contributed by atoms with Crippen molar-refractivity contribution in [1.29, 1.82) is 0 Å². The molecule has 0 aliphatic carbocycles. The quantitative estimate of drug-likeness (QED) is 0.640. The van der Waals surface area contributed by atoms with Gasteiger partial charge in [-0.15, -0.1) is 10.2 Å². The van der Waals surface area contributed by atoms with E-state index < -0.39 is 0 Å². The molecule has 0 saturated heterocycles. The summed E-state index contributed by atoms with van der Waals surface area (Å²) in [6.07, 6.45) is 1.02. The SMILES string of the molecule is CCc1ccc2c(c1)nc(C)c1nnc(C)n12. The van der Waals surface area contributed by atoms with E-state index >= 15 is 0 Å². The zero-order valence-electron chi connectivity index (χ0n) is 10.2. The molecule has 3 aromatic rings. The second-order valence-corrected chi connectivity index (χ2v) is 4.28. The Morgan fingerprint density at radius 3 is 2.76 bits per heavy atom. The minimum atomic E-state index is 0.847. The second-order valence-electron chi connectivity index (χ2n) is 4.28. The van der Waals surface area contributed by atoms with Crippen molar-refractivity contribution in [2.75, 3.05) is 0 Å². The molecule has 2 aromatic heterocycles. The summed E-state index contributed by atoms with van der Waals surface area (Å²) in [7, 11) is 0. The number of aryl methyl sites for hydroxylation is 3. The lowest BCUT2D eigenvalue weighted by Crippen LogP contribution is -1.97. The van der Waals surface area contributed by atoms with E-state index in [0.29, 0.717) is 0 Å². The van der Waals surface area contributed by atoms with Crippen LogP contribution in [-0.2, 0) is 6.42 Å². The Hall–Kier alpha value is -1.97. The van der Waals surface area contributed by atoms with E-state index in [1.54, 1.807) is 0 Å². The van der Waals surface area contributed by atoms with E-state index in [1.165, 1.54) is 5.56 Å². The average molecular weight is 226 g/mol. The molecule has 0 N–H and O–H groups in total. The Labute approximate surface area is 99.3 Å². The van der Waals surface area contributed by atoms with Gasteiger partial charge >= 0.3 is 0 Å². The van der Waals surface area contributed by atoms with E-state index in [-0.39, 0.29) is 0 Å². The largest absolute Gasteiger partial charge is 0.276 e. The summed E-state index contributed by atoms with van der Waals surface area (Å²) >= 11 is 0. The third-order valence-electron chi connectivity index (χ3n) is 3.13. The first-order valence-corrected chi connectivity index (χ1v) is 5.81. The Morgan fingerprint density at radius 1 is 1.18 bits per heavy atom. The lowest BCUT2D eigenvalue weighted by molar-refractivity contribution is 1.02. The van der Waals surface area contributed by atoms with Crippen LogP contribution in [0.1, 0.15) is 24.0 Å². The summed E-state index contributed by atoms with van der Waals surface area (Å²) in [4.78, 5) is 4.60. The summed E-state index contributed by atoms with van der Waals surface area (Å²) in [5.74, 6) is 0.903. The molecule has 86 valence electrons. The highest BCUT2D eigenvalue weighted by molar-refractivity contribution is 5.79. The van der Waals surface area contributed by atoms with E-state index in [2.05, 4.69) is 44.7 Å². The minimum Gasteiger partial charge on any atom is -0.276 e. The molecule has 0 unspecified atom stereocenters. The molecule has 2 heterocycles. The Kier molecular flexibility index (Phi) is 2.11. The summed E-state index contributed by atoms with van der Waals surface area (Å²) < 4.78 is 2.07. The molecule has 0 aliphatic heterocycles. The molecule has 17 heavy (non-hydrogen) atoms. The molecule has 0 aliphatic rings. The smallest absolute Gasteiger partial charge is 0.182 e. The van der Waals surface area contributed by atoms with Crippen LogP contribution in [0.3, 0.4) is 0 Å². The summed E-state index contributed by atoms with van der Waals surface area (Å²) in [6, 6.07) is 6.38. The Balaban J connectivity index is 2.51. The maximum Gasteiger partial charge on any atom is 0.182 e. The van der Waals surface area contributed by atoms with Gasteiger partial charge in [0.25, 0.3) is 0 Å². The van der Waals surface area contributed by atoms with Crippen LogP contribution in [-0.4, -0.2) is 19.6 Å². The van der Waals surface area contributed by atoms with Crippen molar-refractivity contribution in [1.82, 2.24) is 19.6 Å². The first kappa shape index (κ1) is 10.2. The first-order valence-electron chi connectivity index (χ1n) is 5.81. The van der Waals surface area contributed by atoms with Gasteiger partial charge in [-0.05, 0) is 38.0 Å². The standard InChI is InChI=1S/C13H14N4/c1-4-10-5-6-12-11(7-10)14-8(2)13-16-15-9(3)17(12)13/h5-7H,4H2,1-3H3. The molecule has 1 aromatic carbocycles. The fourth-order valence-electron chi connectivity index (χ4n) is 2.18. The molecule has 0 atom stereocenters. The minimum absolute atomic E-state index is 0.847. The van der Waals surface area contributed by atoms with Gasteiger partial charge in [0.05, 0.1) is 16.7 Å². The fourth-order valence-corrected chi connectivity index (χ4v) is 2.18. The molecule has 0 bridgehead atoms. The van der Waals surface area contributed by atoms with Crippen molar-refractivity contribution in [3.8, 4) is 0 Å². The molecule has 3 rings (SSSR count). The molecule has 0 radical (unpaired) electrons. The van der Waals surface area contributed by atoms with Crippen molar-refractivity contribution >= 4 is 16.7 Å². The number of nitrogens with zero attached hydrogens (tertiary/aromatic N) is 4. The van der Waals surface area contributed by atoms with Gasteiger partial charge in [-0.3, -0.25) is 4.40 Å². The summed E-state index contributed by atoms with van der Waals surface area (Å²) in [6.45, 7) is 6.09. The van der Waals surface area contributed by atoms with Crippen LogP contribution in [0.25, 0.3) is 16.7 Å². The Bertz CT molecular complexity index is 712. The Morgan fingerprint density at radius 2 is 2.00 bits per heavy atom. The molecule has 0 saturated carbocycles. The van der Waals surface area contributed by atoms with Gasteiger partial charge in [0.2, 0.25) is 0 Å². The normalized spacial score (nSPS) is 11.5. The predicted molar refractivity (Wildman–Crippen MR) is 67.1 cm³/mol. The highest BCUT2D eigenvalue weighted by atomic mass is 15.3. The summed E-state index contributed by atoms with van der Waals surface area (Å²) in [5, 5.41) is 8.28. The van der Waals surface area contributed by atoms with Gasteiger partial charge in [-0.25, -0.2) is 4.98 Å². The average Bonchev–Trinajstić information content (AvgIpc) is 2.72. The van der Waals surface area contributed by atoms with Crippen LogP contribution in [0.2, 0.25) is 0 Å². The van der Waals surface area contributed by atoms with Gasteiger partial charge in [-0.1, -0.05) is 13.0 Å². The summed E-state index contributed by atoms with van der Waals surface area (Å²) in [5.41, 5.74) is 5.16. The highest BCUT2D eigenvalue weighted by Crippen LogP contribution is 2.19. The lowest BCUT2D eigenvalue weighted by Gasteiger charge is -2.06. The molecular formula is C13H14N4. The molecule has 4 nitrogen and oxygen atoms in total. The van der Waals surface area contributed by atoms with Crippen molar-refractivity contribution in [3.63, 3.8) is 0 Å². The van der Waals surface area contributed by atoms with Crippen molar-refractivity contribution in [2.45, 2.75) is 27.2 Å². The van der Waals surface area contributed by atoms with E-state index in [4.69, 9.17) is 0 Å². The van der Waals surface area contributed by atoms with Crippen LogP contribution >= 0.6 is 0 Å². The van der Waals surface area contributed by atoms with Crippen LogP contribution in [0.15, 0.2) is 18.2 Å². The molecule has 4 heteroatoms. The number of aromatic nitrogens is 4. The third-order valence-corrected chi connectivity index (χ3v) is 3.13. The van der Waals surface area contributed by atoms with Crippen LogP contribution in [0.4, 0.5) is 0 Å². The van der Waals surface area contributed by atoms with Gasteiger partial charge in [0.15, 0.2) is 5.65 Å². The lowest BCUT2D eigenvalue weighted by atomic mass is 10.1. The van der Waals surface area contributed by atoms with Crippen LogP contribution in [0.5, 0.6) is 0 Å². The molecule has 0 amide bonds. The van der Waals surface area contributed by atoms with Crippen molar-refractivity contribution < 1.29 is 0 Å². The topological polar surface area (TPSA) is 43.1 Å². The number of hydrogen-bond donors (Lipinski definition) is 0. The van der Waals surface area contributed by atoms with Crippen LogP contribution in [0, 0.1) is 13.8 Å². The van der Waals surface area contributed by atoms with Gasteiger partial charge in [0, 0.05) is 0 Å². The van der Waals surface area contributed by atoms with E-state index in [9.17, 15) is 0 Å². The number of rotatable bonds is 1. The zero-order chi connectivity index (χ0) is 12.0. The van der Waals surface area contributed by atoms with E-state index in [1.807, 2.05) is 13.8 Å². The predicted octanol–water partition coefficient (Wildman–Crippen LogP) is 2.46. The molecule has 0 spiro atoms. The highest BCUT2D eigenvalue weighted by Gasteiger charge is 2.09. The van der Waals surface area contributed by atoms with Gasteiger partial charge in [-0.2, -0.15) is 0 Å². The zero-order valence-corrected chi connectivity index (χ0v) is 10.2.